The van der Waals surface area contributed by atoms with Crippen molar-refractivity contribution in [3.8, 4) is 0 Å². The monoisotopic (exact) mass is 278 g/mol. The highest BCUT2D eigenvalue weighted by molar-refractivity contribution is 5.93. The summed E-state index contributed by atoms with van der Waals surface area (Å²) in [5.74, 6) is 0.417. The maximum absolute atomic E-state index is 10.9. The van der Waals surface area contributed by atoms with E-state index in [0.717, 1.165) is 19.6 Å². The summed E-state index contributed by atoms with van der Waals surface area (Å²) in [6.45, 7) is 3.54. The predicted molar refractivity (Wildman–Crippen MR) is 70.5 cm³/mol. The van der Waals surface area contributed by atoms with Gasteiger partial charge in [0.05, 0.1) is 16.7 Å². The highest BCUT2D eigenvalue weighted by atomic mass is 16.6. The van der Waals surface area contributed by atoms with Crippen molar-refractivity contribution in [1.82, 2.24) is 10.3 Å². The van der Waals surface area contributed by atoms with Crippen LogP contribution in [0.25, 0.3) is 11.0 Å². The van der Waals surface area contributed by atoms with Crippen LogP contribution in [0.2, 0.25) is 0 Å². The van der Waals surface area contributed by atoms with Gasteiger partial charge >= 0.3 is 5.69 Å². The molecule has 2 heterocycles. The smallest absolute Gasteiger partial charge is 0.300 e. The number of rotatable bonds is 4. The van der Waals surface area contributed by atoms with Crippen LogP contribution in [-0.2, 0) is 4.74 Å². The summed E-state index contributed by atoms with van der Waals surface area (Å²) in [6.07, 6.45) is 1.22. The molecular formula is C12H14N4O4. The third-order valence-electron chi connectivity index (χ3n) is 3.68. The first kappa shape index (κ1) is 12.8. The Morgan fingerprint density at radius 3 is 2.95 bits per heavy atom. The van der Waals surface area contributed by atoms with E-state index in [0.29, 0.717) is 17.1 Å². The Kier molecular flexibility index (Phi) is 3.23. The van der Waals surface area contributed by atoms with Crippen LogP contribution in [0.15, 0.2) is 16.8 Å². The summed E-state index contributed by atoms with van der Waals surface area (Å²) in [5.41, 5.74) is 1.12. The van der Waals surface area contributed by atoms with E-state index in [1.165, 1.54) is 6.07 Å². The van der Waals surface area contributed by atoms with Crippen LogP contribution in [0.5, 0.6) is 0 Å². The number of benzene rings is 1. The fraction of sp³-hybridized carbons (Fsp3) is 0.500. The number of non-ortho nitro benzene ring substituents is 1. The average Bonchev–Trinajstić information content (AvgIpc) is 3.04. The van der Waals surface area contributed by atoms with E-state index in [2.05, 4.69) is 20.3 Å². The average molecular weight is 278 g/mol. The fourth-order valence-corrected chi connectivity index (χ4v) is 2.43. The van der Waals surface area contributed by atoms with Gasteiger partial charge in [0, 0.05) is 25.1 Å². The summed E-state index contributed by atoms with van der Waals surface area (Å²) >= 11 is 0. The normalized spacial score (nSPS) is 22.2. The summed E-state index contributed by atoms with van der Waals surface area (Å²) in [4.78, 5) is 10.4. The van der Waals surface area contributed by atoms with Gasteiger partial charge < -0.3 is 10.1 Å². The van der Waals surface area contributed by atoms with Gasteiger partial charge in [-0.1, -0.05) is 0 Å². The van der Waals surface area contributed by atoms with E-state index in [4.69, 9.17) is 4.74 Å². The zero-order valence-corrected chi connectivity index (χ0v) is 10.9. The molecule has 3 rings (SSSR count). The van der Waals surface area contributed by atoms with E-state index in [9.17, 15) is 10.1 Å². The third kappa shape index (κ3) is 2.18. The molecule has 1 aliphatic rings. The standard InChI is InChI=1S/C12H14N4O4/c1-7-8(4-5-19-7)6-13-9-2-3-10(16(17)18)12-11(9)14-20-15-12/h2-3,7-8,13H,4-6H2,1H3. The third-order valence-corrected chi connectivity index (χ3v) is 3.68. The van der Waals surface area contributed by atoms with Crippen LogP contribution >= 0.6 is 0 Å². The van der Waals surface area contributed by atoms with Crippen molar-refractivity contribution in [3.63, 3.8) is 0 Å². The van der Waals surface area contributed by atoms with Gasteiger partial charge in [-0.15, -0.1) is 0 Å². The number of aromatic nitrogens is 2. The Hall–Kier alpha value is -2.22. The summed E-state index contributed by atoms with van der Waals surface area (Å²) in [7, 11) is 0. The second-order valence-corrected chi connectivity index (χ2v) is 4.86. The minimum Gasteiger partial charge on any atom is -0.383 e. The van der Waals surface area contributed by atoms with E-state index in [1.54, 1.807) is 6.07 Å². The van der Waals surface area contributed by atoms with Gasteiger partial charge in [0.25, 0.3) is 0 Å². The van der Waals surface area contributed by atoms with Crippen molar-refractivity contribution < 1.29 is 14.3 Å². The van der Waals surface area contributed by atoms with Gasteiger partial charge in [0.2, 0.25) is 5.52 Å². The molecule has 1 saturated heterocycles. The van der Waals surface area contributed by atoms with E-state index >= 15 is 0 Å². The molecule has 2 unspecified atom stereocenters. The highest BCUT2D eigenvalue weighted by Gasteiger charge is 2.25. The molecule has 1 aliphatic heterocycles. The molecule has 2 aromatic rings. The lowest BCUT2D eigenvalue weighted by Gasteiger charge is -2.15. The molecular weight excluding hydrogens is 264 g/mol. The fourth-order valence-electron chi connectivity index (χ4n) is 2.43. The first-order valence-corrected chi connectivity index (χ1v) is 6.42. The van der Waals surface area contributed by atoms with E-state index in [-0.39, 0.29) is 17.3 Å². The maximum atomic E-state index is 10.9. The second kappa shape index (κ2) is 5.04. The Balaban J connectivity index is 1.83. The van der Waals surface area contributed by atoms with Crippen molar-refractivity contribution in [1.29, 1.82) is 0 Å². The van der Waals surface area contributed by atoms with E-state index < -0.39 is 4.92 Å². The molecule has 8 heteroatoms. The SMILES string of the molecule is CC1OCCC1CNc1ccc([N+](=O)[O-])c2nonc12. The molecule has 1 fully saturated rings. The maximum Gasteiger partial charge on any atom is 0.300 e. The number of hydrogen-bond acceptors (Lipinski definition) is 7. The molecule has 106 valence electrons. The predicted octanol–water partition coefficient (Wildman–Crippen LogP) is 1.97. The Morgan fingerprint density at radius 2 is 2.25 bits per heavy atom. The topological polar surface area (TPSA) is 103 Å². The molecule has 1 aromatic heterocycles. The first-order chi connectivity index (χ1) is 9.66. The lowest BCUT2D eigenvalue weighted by Crippen LogP contribution is -2.20. The number of nitro groups is 1. The molecule has 0 amide bonds. The number of anilines is 1. The molecule has 0 radical (unpaired) electrons. The van der Waals surface area contributed by atoms with Gasteiger partial charge in [-0.3, -0.25) is 10.1 Å². The van der Waals surface area contributed by atoms with Crippen molar-refractivity contribution in [2.24, 2.45) is 5.92 Å². The summed E-state index contributed by atoms with van der Waals surface area (Å²) in [6, 6.07) is 3.04. The zero-order valence-electron chi connectivity index (χ0n) is 10.9. The summed E-state index contributed by atoms with van der Waals surface area (Å²) < 4.78 is 10.1. The first-order valence-electron chi connectivity index (χ1n) is 6.42. The number of fused-ring (bicyclic) bond motifs is 1. The second-order valence-electron chi connectivity index (χ2n) is 4.86. The molecule has 0 bridgehead atoms. The van der Waals surface area contributed by atoms with Crippen molar-refractivity contribution >= 4 is 22.4 Å². The van der Waals surface area contributed by atoms with E-state index in [1.807, 2.05) is 6.92 Å². The Bertz CT molecular complexity index is 641. The zero-order chi connectivity index (χ0) is 14.1. The van der Waals surface area contributed by atoms with Gasteiger partial charge in [-0.05, 0) is 29.7 Å². The molecule has 8 nitrogen and oxygen atoms in total. The molecule has 2 atom stereocenters. The molecule has 1 aromatic carbocycles. The van der Waals surface area contributed by atoms with Gasteiger partial charge in [-0.2, -0.15) is 0 Å². The molecule has 20 heavy (non-hydrogen) atoms. The van der Waals surface area contributed by atoms with Crippen molar-refractivity contribution in [2.45, 2.75) is 19.4 Å². The van der Waals surface area contributed by atoms with Crippen LogP contribution < -0.4 is 5.32 Å². The number of nitrogens with zero attached hydrogens (tertiary/aromatic N) is 3. The van der Waals surface area contributed by atoms with Crippen molar-refractivity contribution in [2.75, 3.05) is 18.5 Å². The highest BCUT2D eigenvalue weighted by Crippen LogP contribution is 2.29. The van der Waals surface area contributed by atoms with Crippen LogP contribution in [0, 0.1) is 16.0 Å². The molecule has 0 spiro atoms. The van der Waals surface area contributed by atoms with Gasteiger partial charge in [0.1, 0.15) is 0 Å². The summed E-state index contributed by atoms with van der Waals surface area (Å²) in [5, 5.41) is 21.5. The van der Waals surface area contributed by atoms with Crippen LogP contribution in [0.3, 0.4) is 0 Å². The van der Waals surface area contributed by atoms with Gasteiger partial charge in [0.15, 0.2) is 5.52 Å². The number of nitro benzene ring substituents is 1. The lowest BCUT2D eigenvalue weighted by molar-refractivity contribution is -0.383. The molecule has 0 saturated carbocycles. The van der Waals surface area contributed by atoms with Crippen LogP contribution in [-0.4, -0.2) is 34.5 Å². The Morgan fingerprint density at radius 1 is 1.45 bits per heavy atom. The molecule has 1 N–H and O–H groups in total. The largest absolute Gasteiger partial charge is 0.383 e. The minimum atomic E-state index is -0.497. The quantitative estimate of drug-likeness (QED) is 0.673. The Labute approximate surface area is 114 Å². The minimum absolute atomic E-state index is 0.107. The molecule has 0 aliphatic carbocycles. The lowest BCUT2D eigenvalue weighted by atomic mass is 10.0. The van der Waals surface area contributed by atoms with Gasteiger partial charge in [-0.25, -0.2) is 4.63 Å². The van der Waals surface area contributed by atoms with Crippen LogP contribution in [0.1, 0.15) is 13.3 Å². The van der Waals surface area contributed by atoms with Crippen LogP contribution in [0.4, 0.5) is 11.4 Å². The number of hydrogen-bond donors (Lipinski definition) is 1. The van der Waals surface area contributed by atoms with Crippen molar-refractivity contribution in [3.05, 3.63) is 22.2 Å². The number of ether oxygens (including phenoxy) is 1. The number of nitrogens with one attached hydrogen (secondary N) is 1.